The molecule has 0 atom stereocenters. The Morgan fingerprint density at radius 3 is 2.72 bits per heavy atom. The minimum absolute atomic E-state index is 0.171. The Kier molecular flexibility index (Phi) is 6.80. The Balaban J connectivity index is 1.39. The normalized spacial score (nSPS) is 10.9. The van der Waals surface area contributed by atoms with Gasteiger partial charge in [0.15, 0.2) is 0 Å². The van der Waals surface area contributed by atoms with Crippen LogP contribution in [0.15, 0.2) is 66.9 Å². The first-order chi connectivity index (χ1) is 15.6. The summed E-state index contributed by atoms with van der Waals surface area (Å²) in [5, 5.41) is 2.94. The van der Waals surface area contributed by atoms with Crippen LogP contribution in [0.3, 0.4) is 0 Å². The fourth-order valence-electron chi connectivity index (χ4n) is 3.73. The van der Waals surface area contributed by atoms with Crippen LogP contribution in [0.5, 0.6) is 5.75 Å². The lowest BCUT2D eigenvalue weighted by molar-refractivity contribution is 0.0949. The van der Waals surface area contributed by atoms with Crippen molar-refractivity contribution in [2.45, 2.75) is 33.2 Å². The van der Waals surface area contributed by atoms with E-state index in [1.54, 1.807) is 18.3 Å². The number of amides is 1. The molecule has 0 bridgehead atoms. The van der Waals surface area contributed by atoms with Crippen LogP contribution in [0.4, 0.5) is 0 Å². The molecule has 0 aliphatic carbocycles. The van der Waals surface area contributed by atoms with Crippen LogP contribution >= 0.6 is 0 Å². The van der Waals surface area contributed by atoms with Crippen molar-refractivity contribution >= 4 is 16.9 Å². The summed E-state index contributed by atoms with van der Waals surface area (Å²) in [6, 6.07) is 19.6. The van der Waals surface area contributed by atoms with Gasteiger partial charge in [0.05, 0.1) is 17.6 Å². The molecule has 6 heteroatoms. The molecule has 4 rings (SSSR count). The smallest absolute Gasteiger partial charge is 0.269 e. The lowest BCUT2D eigenvalue weighted by Gasteiger charge is -2.13. The van der Waals surface area contributed by atoms with Gasteiger partial charge in [-0.25, -0.2) is 4.98 Å². The number of carbonyl (C=O) groups is 1. The highest BCUT2D eigenvalue weighted by atomic mass is 16.5. The van der Waals surface area contributed by atoms with Gasteiger partial charge in [0.1, 0.15) is 17.3 Å². The first-order valence-corrected chi connectivity index (χ1v) is 11.0. The molecule has 2 aromatic carbocycles. The second-order valence-electron chi connectivity index (χ2n) is 7.79. The van der Waals surface area contributed by atoms with Crippen LogP contribution in [0.2, 0.25) is 0 Å². The first-order valence-electron chi connectivity index (χ1n) is 11.0. The molecule has 0 saturated heterocycles. The summed E-state index contributed by atoms with van der Waals surface area (Å²) >= 11 is 0. The van der Waals surface area contributed by atoms with E-state index < -0.39 is 0 Å². The third kappa shape index (κ3) is 4.97. The molecule has 0 spiro atoms. The number of rotatable bonds is 9. The predicted octanol–water partition coefficient (Wildman–Crippen LogP) is 4.49. The number of hydrogen-bond donors (Lipinski definition) is 1. The molecule has 0 unspecified atom stereocenters. The number of para-hydroxylation sites is 2. The van der Waals surface area contributed by atoms with Crippen molar-refractivity contribution in [3.8, 4) is 5.75 Å². The molecular weight excluding hydrogens is 400 g/mol. The Labute approximate surface area is 188 Å². The van der Waals surface area contributed by atoms with Gasteiger partial charge >= 0.3 is 0 Å². The molecule has 0 aliphatic heterocycles. The molecule has 2 heterocycles. The van der Waals surface area contributed by atoms with Gasteiger partial charge in [-0.1, -0.05) is 30.3 Å². The highest BCUT2D eigenvalue weighted by Gasteiger charge is 2.12. The summed E-state index contributed by atoms with van der Waals surface area (Å²) in [5.74, 6) is 1.73. The molecule has 6 nitrogen and oxygen atoms in total. The maximum Gasteiger partial charge on any atom is 0.269 e. The van der Waals surface area contributed by atoms with E-state index in [4.69, 9.17) is 9.72 Å². The average Bonchev–Trinajstić information content (AvgIpc) is 3.17. The second kappa shape index (κ2) is 10.1. The molecule has 2 aromatic heterocycles. The van der Waals surface area contributed by atoms with Gasteiger partial charge in [-0.05, 0) is 61.7 Å². The van der Waals surface area contributed by atoms with Crippen LogP contribution in [0.25, 0.3) is 11.0 Å². The topological polar surface area (TPSA) is 69.0 Å². The summed E-state index contributed by atoms with van der Waals surface area (Å²) in [4.78, 5) is 21.2. The zero-order valence-corrected chi connectivity index (χ0v) is 18.5. The summed E-state index contributed by atoms with van der Waals surface area (Å²) in [6.07, 6.45) is 3.13. The number of fused-ring (bicyclic) bond motifs is 1. The summed E-state index contributed by atoms with van der Waals surface area (Å²) in [5.41, 5.74) is 4.91. The molecule has 0 radical (unpaired) electrons. The molecule has 32 heavy (non-hydrogen) atoms. The van der Waals surface area contributed by atoms with Crippen molar-refractivity contribution in [1.29, 1.82) is 0 Å². The van der Waals surface area contributed by atoms with Crippen molar-refractivity contribution in [2.24, 2.45) is 0 Å². The van der Waals surface area contributed by atoms with E-state index >= 15 is 0 Å². The van der Waals surface area contributed by atoms with Crippen molar-refractivity contribution in [3.05, 3.63) is 89.5 Å². The lowest BCUT2D eigenvalue weighted by atomic mass is 10.1. The summed E-state index contributed by atoms with van der Waals surface area (Å²) in [7, 11) is 0. The maximum absolute atomic E-state index is 12.3. The van der Waals surface area contributed by atoms with Crippen LogP contribution in [-0.2, 0) is 13.0 Å². The number of ether oxygens (including phenoxy) is 1. The van der Waals surface area contributed by atoms with E-state index in [1.165, 1.54) is 11.1 Å². The standard InChI is InChI=1S/C26H28N4O2/c1-19-9-7-13-24(20(19)2)32-18-8-17-30-23-12-4-3-10-21(23)29-25(30)14-16-28-26(31)22-11-5-6-15-27-22/h3-7,9-13,15H,8,14,16-18H2,1-2H3,(H,28,31). The number of nitrogens with one attached hydrogen (secondary N) is 1. The molecule has 0 saturated carbocycles. The fraction of sp³-hybridized carbons (Fsp3) is 0.269. The quantitative estimate of drug-likeness (QED) is 0.399. The molecule has 4 aromatic rings. The Morgan fingerprint density at radius 2 is 1.88 bits per heavy atom. The summed E-state index contributed by atoms with van der Waals surface area (Å²) < 4.78 is 8.26. The number of nitrogens with zero attached hydrogens (tertiary/aromatic N) is 3. The highest BCUT2D eigenvalue weighted by Crippen LogP contribution is 2.21. The monoisotopic (exact) mass is 428 g/mol. The molecule has 1 amide bonds. The number of imidazole rings is 1. The van der Waals surface area contributed by atoms with Gasteiger partial charge in [0.25, 0.3) is 5.91 Å². The largest absolute Gasteiger partial charge is 0.493 e. The second-order valence-corrected chi connectivity index (χ2v) is 7.79. The SMILES string of the molecule is Cc1cccc(OCCCn2c(CCNC(=O)c3ccccn3)nc3ccccc32)c1C. The van der Waals surface area contributed by atoms with Crippen LogP contribution < -0.4 is 10.1 Å². The molecule has 164 valence electrons. The minimum Gasteiger partial charge on any atom is -0.493 e. The van der Waals surface area contributed by atoms with Crippen molar-refractivity contribution in [2.75, 3.05) is 13.2 Å². The van der Waals surface area contributed by atoms with Gasteiger partial charge < -0.3 is 14.6 Å². The Hall–Kier alpha value is -3.67. The third-order valence-electron chi connectivity index (χ3n) is 5.60. The first kappa shape index (κ1) is 21.6. The van der Waals surface area contributed by atoms with E-state index in [9.17, 15) is 4.79 Å². The number of aryl methyl sites for hydroxylation is 2. The zero-order chi connectivity index (χ0) is 22.3. The van der Waals surface area contributed by atoms with Crippen LogP contribution in [0, 0.1) is 13.8 Å². The van der Waals surface area contributed by atoms with Crippen molar-refractivity contribution in [3.63, 3.8) is 0 Å². The highest BCUT2D eigenvalue weighted by molar-refractivity contribution is 5.92. The molecular formula is C26H28N4O2. The minimum atomic E-state index is -0.171. The number of aromatic nitrogens is 3. The van der Waals surface area contributed by atoms with Crippen molar-refractivity contribution < 1.29 is 9.53 Å². The lowest BCUT2D eigenvalue weighted by Crippen LogP contribution is -2.27. The zero-order valence-electron chi connectivity index (χ0n) is 18.5. The van der Waals surface area contributed by atoms with E-state index in [-0.39, 0.29) is 5.91 Å². The number of carbonyl (C=O) groups excluding carboxylic acids is 1. The number of hydrogen-bond acceptors (Lipinski definition) is 4. The Bertz CT molecular complexity index is 1200. The summed E-state index contributed by atoms with van der Waals surface area (Å²) in [6.45, 7) is 6.11. The van der Waals surface area contributed by atoms with E-state index in [1.807, 2.05) is 36.4 Å². The van der Waals surface area contributed by atoms with Gasteiger partial charge in [-0.2, -0.15) is 0 Å². The van der Waals surface area contributed by atoms with E-state index in [0.29, 0.717) is 25.3 Å². The fourth-order valence-corrected chi connectivity index (χ4v) is 3.73. The van der Waals surface area contributed by atoms with Gasteiger partial charge in [0, 0.05) is 25.7 Å². The maximum atomic E-state index is 12.3. The Morgan fingerprint density at radius 1 is 1.03 bits per heavy atom. The average molecular weight is 429 g/mol. The van der Waals surface area contributed by atoms with Crippen LogP contribution in [0.1, 0.15) is 33.9 Å². The van der Waals surface area contributed by atoms with Crippen molar-refractivity contribution in [1.82, 2.24) is 19.9 Å². The molecule has 0 aliphatic rings. The number of benzene rings is 2. The predicted molar refractivity (Wildman–Crippen MR) is 126 cm³/mol. The third-order valence-corrected chi connectivity index (χ3v) is 5.60. The van der Waals surface area contributed by atoms with Gasteiger partial charge in [0.2, 0.25) is 0 Å². The van der Waals surface area contributed by atoms with E-state index in [2.05, 4.69) is 40.8 Å². The number of pyridine rings is 1. The van der Waals surface area contributed by atoms with Gasteiger partial charge in [-0.3, -0.25) is 9.78 Å². The van der Waals surface area contributed by atoms with Gasteiger partial charge in [-0.15, -0.1) is 0 Å². The molecule has 0 fully saturated rings. The molecule has 1 N–H and O–H groups in total. The van der Waals surface area contributed by atoms with E-state index in [0.717, 1.165) is 35.6 Å². The van der Waals surface area contributed by atoms with Crippen LogP contribution in [-0.4, -0.2) is 33.6 Å².